The van der Waals surface area contributed by atoms with Crippen LogP contribution in [0.2, 0.25) is 0 Å². The SMILES string of the molecule is CC(C)C(=O)OC1C(Cc2ccc(C(F)(F)F)cc2)COCC(N(C(=O)OC(C)(C)C)C(=O)OC(C)(C)C)C(=O)OC1C. The molecule has 1 saturated heterocycles. The van der Waals surface area contributed by atoms with Crippen LogP contribution in [0.5, 0.6) is 0 Å². The van der Waals surface area contributed by atoms with E-state index in [-0.39, 0.29) is 13.0 Å². The molecule has 4 unspecified atom stereocenters. The van der Waals surface area contributed by atoms with Crippen molar-refractivity contribution in [1.29, 1.82) is 0 Å². The van der Waals surface area contributed by atoms with Gasteiger partial charge in [0.2, 0.25) is 0 Å². The lowest BCUT2D eigenvalue weighted by Crippen LogP contribution is -2.54. The quantitative estimate of drug-likeness (QED) is 0.292. The summed E-state index contributed by atoms with van der Waals surface area (Å²) in [6.45, 7) is 13.5. The fraction of sp³-hybridized carbons (Fsp3) is 0.667. The molecule has 0 aromatic heterocycles. The summed E-state index contributed by atoms with van der Waals surface area (Å²) >= 11 is 0. The number of nitrogens with zero attached hydrogens (tertiary/aromatic N) is 1. The number of alkyl halides is 3. The first kappa shape index (κ1) is 35.8. The van der Waals surface area contributed by atoms with E-state index in [0.29, 0.717) is 10.5 Å². The summed E-state index contributed by atoms with van der Waals surface area (Å²) in [6.07, 6.45) is -8.91. The maximum Gasteiger partial charge on any atom is 0.420 e. The van der Waals surface area contributed by atoms with Gasteiger partial charge in [-0.15, -0.1) is 0 Å². The van der Waals surface area contributed by atoms with Crippen molar-refractivity contribution in [2.24, 2.45) is 11.8 Å². The highest BCUT2D eigenvalue weighted by molar-refractivity contribution is 5.94. The maximum atomic E-state index is 13.5. The van der Waals surface area contributed by atoms with Crippen LogP contribution in [0, 0.1) is 11.8 Å². The molecule has 242 valence electrons. The molecule has 1 fully saturated rings. The van der Waals surface area contributed by atoms with Crippen molar-refractivity contribution in [1.82, 2.24) is 4.90 Å². The minimum atomic E-state index is -4.51. The number of benzene rings is 1. The number of hydrogen-bond donors (Lipinski definition) is 0. The molecule has 0 radical (unpaired) electrons. The number of imide groups is 1. The number of rotatable bonds is 5. The molecule has 10 nitrogen and oxygen atoms in total. The van der Waals surface area contributed by atoms with E-state index < -0.39 is 83.8 Å². The summed E-state index contributed by atoms with van der Waals surface area (Å²) in [4.78, 5) is 52.9. The van der Waals surface area contributed by atoms with Gasteiger partial charge in [0, 0.05) is 5.92 Å². The average molecular weight is 618 g/mol. The minimum Gasteiger partial charge on any atom is -0.458 e. The summed E-state index contributed by atoms with van der Waals surface area (Å²) in [5.41, 5.74) is -2.39. The highest BCUT2D eigenvalue weighted by Crippen LogP contribution is 2.31. The Morgan fingerprint density at radius 3 is 1.88 bits per heavy atom. The van der Waals surface area contributed by atoms with Crippen molar-refractivity contribution in [3.8, 4) is 0 Å². The van der Waals surface area contributed by atoms with Crippen molar-refractivity contribution in [3.05, 3.63) is 35.4 Å². The first-order chi connectivity index (χ1) is 19.6. The second kappa shape index (κ2) is 14.0. The van der Waals surface area contributed by atoms with Gasteiger partial charge >= 0.3 is 30.3 Å². The Balaban J connectivity index is 2.47. The number of ether oxygens (including phenoxy) is 5. The largest absolute Gasteiger partial charge is 0.458 e. The fourth-order valence-electron chi connectivity index (χ4n) is 4.11. The molecular formula is C30H42F3NO9. The van der Waals surface area contributed by atoms with Gasteiger partial charge in [-0.25, -0.2) is 14.4 Å². The number of esters is 2. The topological polar surface area (TPSA) is 118 Å². The molecule has 2 rings (SSSR count). The molecule has 0 bridgehead atoms. The van der Waals surface area contributed by atoms with Crippen LogP contribution in [-0.4, -0.2) is 71.7 Å². The lowest BCUT2D eigenvalue weighted by molar-refractivity contribution is -0.174. The molecule has 1 aliphatic heterocycles. The molecule has 2 amide bonds. The molecule has 43 heavy (non-hydrogen) atoms. The third-order valence-electron chi connectivity index (χ3n) is 6.10. The molecule has 0 saturated carbocycles. The van der Waals surface area contributed by atoms with Crippen LogP contribution in [0.4, 0.5) is 22.8 Å². The Morgan fingerprint density at radius 1 is 0.930 bits per heavy atom. The lowest BCUT2D eigenvalue weighted by Gasteiger charge is -2.32. The van der Waals surface area contributed by atoms with E-state index in [2.05, 4.69) is 0 Å². The smallest absolute Gasteiger partial charge is 0.420 e. The minimum absolute atomic E-state index is 0.0998. The molecule has 1 aliphatic rings. The maximum absolute atomic E-state index is 13.5. The van der Waals surface area contributed by atoms with E-state index in [9.17, 15) is 32.3 Å². The third-order valence-corrected chi connectivity index (χ3v) is 6.10. The van der Waals surface area contributed by atoms with E-state index >= 15 is 0 Å². The van der Waals surface area contributed by atoms with Crippen molar-refractivity contribution >= 4 is 24.1 Å². The summed E-state index contributed by atoms with van der Waals surface area (Å²) in [5, 5.41) is 0. The van der Waals surface area contributed by atoms with Crippen LogP contribution in [0.1, 0.15) is 73.4 Å². The van der Waals surface area contributed by atoms with Crippen LogP contribution in [-0.2, 0) is 45.9 Å². The van der Waals surface area contributed by atoms with Crippen molar-refractivity contribution in [3.63, 3.8) is 0 Å². The molecule has 4 atom stereocenters. The summed E-state index contributed by atoms with van der Waals surface area (Å²) < 4.78 is 67.2. The highest BCUT2D eigenvalue weighted by atomic mass is 19.4. The van der Waals surface area contributed by atoms with Gasteiger partial charge in [-0.1, -0.05) is 26.0 Å². The number of carbonyl (C=O) groups is 4. The van der Waals surface area contributed by atoms with E-state index in [4.69, 9.17) is 23.7 Å². The highest BCUT2D eigenvalue weighted by Gasteiger charge is 2.45. The van der Waals surface area contributed by atoms with Gasteiger partial charge in [0.25, 0.3) is 0 Å². The summed E-state index contributed by atoms with van der Waals surface area (Å²) in [7, 11) is 0. The normalized spacial score (nSPS) is 22.0. The van der Waals surface area contributed by atoms with Gasteiger partial charge in [-0.2, -0.15) is 18.1 Å². The molecule has 0 spiro atoms. The number of cyclic esters (lactones) is 1. The predicted octanol–water partition coefficient (Wildman–Crippen LogP) is 5.93. The first-order valence-corrected chi connectivity index (χ1v) is 14.0. The van der Waals surface area contributed by atoms with Gasteiger partial charge in [-0.05, 0) is 72.6 Å². The van der Waals surface area contributed by atoms with Crippen LogP contribution in [0.25, 0.3) is 0 Å². The standard InChI is InChI=1S/C30H42F3NO9/c1-17(2)24(35)41-23-18(3)40-25(36)22(34(26(37)42-28(4,5)6)27(38)43-29(7,8)9)16-39-15-20(23)14-19-10-12-21(13-11-19)30(31,32)33/h10-13,17-18,20,22-23H,14-16H2,1-9H3. The van der Waals surface area contributed by atoms with Crippen LogP contribution < -0.4 is 0 Å². The second-order valence-electron chi connectivity index (χ2n) is 12.7. The molecular weight excluding hydrogens is 575 g/mol. The van der Waals surface area contributed by atoms with Crippen LogP contribution in [0.3, 0.4) is 0 Å². The zero-order valence-electron chi connectivity index (χ0n) is 26.1. The zero-order valence-corrected chi connectivity index (χ0v) is 26.1. The van der Waals surface area contributed by atoms with Gasteiger partial charge in [-0.3, -0.25) is 4.79 Å². The lowest BCUT2D eigenvalue weighted by atomic mass is 9.91. The first-order valence-electron chi connectivity index (χ1n) is 14.0. The summed E-state index contributed by atoms with van der Waals surface area (Å²) in [5.74, 6) is -2.85. The fourth-order valence-corrected chi connectivity index (χ4v) is 4.11. The van der Waals surface area contributed by atoms with E-state index in [1.54, 1.807) is 55.4 Å². The van der Waals surface area contributed by atoms with Gasteiger partial charge in [0.15, 0.2) is 6.04 Å². The number of carbonyl (C=O) groups excluding carboxylic acids is 4. The Bertz CT molecular complexity index is 1110. The van der Waals surface area contributed by atoms with E-state index in [0.717, 1.165) is 12.1 Å². The van der Waals surface area contributed by atoms with Gasteiger partial charge in [0.05, 0.1) is 24.7 Å². The van der Waals surface area contributed by atoms with Gasteiger partial charge in [0.1, 0.15) is 23.4 Å². The molecule has 13 heteroatoms. The van der Waals surface area contributed by atoms with Gasteiger partial charge < -0.3 is 23.7 Å². The Hall–Kier alpha value is -3.35. The van der Waals surface area contributed by atoms with Crippen molar-refractivity contribution < 1.29 is 56.0 Å². The predicted molar refractivity (Wildman–Crippen MR) is 148 cm³/mol. The van der Waals surface area contributed by atoms with Crippen molar-refractivity contribution in [2.45, 2.75) is 104 Å². The second-order valence-corrected chi connectivity index (χ2v) is 12.7. The van der Waals surface area contributed by atoms with E-state index in [1.807, 2.05) is 0 Å². The van der Waals surface area contributed by atoms with Crippen LogP contribution in [0.15, 0.2) is 24.3 Å². The molecule has 1 aromatic carbocycles. The number of hydrogen-bond acceptors (Lipinski definition) is 9. The number of halogens is 3. The molecule has 1 heterocycles. The Morgan fingerprint density at radius 2 is 1.44 bits per heavy atom. The summed E-state index contributed by atoms with van der Waals surface area (Å²) in [6, 6.07) is 2.88. The van der Waals surface area contributed by atoms with Crippen LogP contribution >= 0.6 is 0 Å². The zero-order chi connectivity index (χ0) is 32.9. The molecule has 1 aromatic rings. The monoisotopic (exact) mass is 617 g/mol. The molecule has 0 N–H and O–H groups in total. The molecule has 0 aliphatic carbocycles. The Kier molecular flexibility index (Phi) is 11.6. The third kappa shape index (κ3) is 11.0. The van der Waals surface area contributed by atoms with Crippen molar-refractivity contribution in [2.75, 3.05) is 13.2 Å². The Labute approximate surface area is 250 Å². The average Bonchev–Trinajstić information content (AvgIpc) is 2.87. The number of amides is 2. The van der Waals surface area contributed by atoms with E-state index in [1.165, 1.54) is 19.1 Å².